The number of Topliss-reactive ketones (excluding diaryl/α,β-unsaturated/α-hetero) is 1. The van der Waals surface area contributed by atoms with Crippen molar-refractivity contribution >= 4 is 29.2 Å². The lowest BCUT2D eigenvalue weighted by Crippen LogP contribution is -2.27. The zero-order chi connectivity index (χ0) is 14.8. The molecule has 0 unspecified atom stereocenters. The third-order valence-electron chi connectivity index (χ3n) is 2.08. The smallest absolute Gasteiger partial charge is 0.412 e. The highest BCUT2D eigenvalue weighted by Crippen LogP contribution is 2.26. The number of ketones is 1. The second-order valence-electron chi connectivity index (χ2n) is 4.97. The van der Waals surface area contributed by atoms with Crippen LogP contribution in [-0.2, 0) is 4.74 Å². The Labute approximate surface area is 115 Å². The van der Waals surface area contributed by atoms with E-state index in [2.05, 4.69) is 5.32 Å². The highest BCUT2D eigenvalue weighted by atomic mass is 35.5. The Bertz CT molecular complexity index is 523. The van der Waals surface area contributed by atoms with Gasteiger partial charge in [0.25, 0.3) is 0 Å². The van der Waals surface area contributed by atoms with Gasteiger partial charge < -0.3 is 4.74 Å². The molecule has 19 heavy (non-hydrogen) atoms. The predicted octanol–water partition coefficient (Wildman–Crippen LogP) is 4.03. The molecule has 0 fully saturated rings. The topological polar surface area (TPSA) is 55.4 Å². The maximum Gasteiger partial charge on any atom is 0.412 e. The molecule has 0 aliphatic rings. The molecule has 0 aliphatic carbocycles. The number of amides is 1. The van der Waals surface area contributed by atoms with Gasteiger partial charge in [0.2, 0.25) is 0 Å². The Kier molecular flexibility index (Phi) is 4.52. The molecule has 0 saturated carbocycles. The third-order valence-corrected chi connectivity index (χ3v) is 2.37. The summed E-state index contributed by atoms with van der Waals surface area (Å²) in [5.41, 5.74) is -0.923. The molecule has 1 amide bonds. The number of carbonyl (C=O) groups is 2. The van der Waals surface area contributed by atoms with Crippen molar-refractivity contribution in [3.05, 3.63) is 28.5 Å². The first-order chi connectivity index (χ1) is 8.61. The van der Waals surface area contributed by atoms with E-state index in [-0.39, 0.29) is 16.3 Å². The molecule has 0 bridgehead atoms. The average Bonchev–Trinajstić information content (AvgIpc) is 2.20. The molecule has 0 aromatic heterocycles. The minimum atomic E-state index is -0.859. The van der Waals surface area contributed by atoms with Crippen LogP contribution >= 0.6 is 11.6 Å². The van der Waals surface area contributed by atoms with Crippen molar-refractivity contribution in [2.75, 3.05) is 5.32 Å². The van der Waals surface area contributed by atoms with Gasteiger partial charge >= 0.3 is 6.09 Å². The Morgan fingerprint density at radius 3 is 2.37 bits per heavy atom. The van der Waals surface area contributed by atoms with Gasteiger partial charge in [0.1, 0.15) is 5.60 Å². The molecule has 0 spiro atoms. The highest BCUT2D eigenvalue weighted by molar-refractivity contribution is 6.31. The number of hydrogen-bond acceptors (Lipinski definition) is 3. The van der Waals surface area contributed by atoms with Gasteiger partial charge in [-0.25, -0.2) is 9.18 Å². The van der Waals surface area contributed by atoms with E-state index in [1.165, 1.54) is 19.1 Å². The number of rotatable bonds is 2. The molecule has 0 heterocycles. The quantitative estimate of drug-likeness (QED) is 0.836. The lowest BCUT2D eigenvalue weighted by Gasteiger charge is -2.20. The van der Waals surface area contributed by atoms with E-state index in [1.807, 2.05) is 0 Å². The van der Waals surface area contributed by atoms with Crippen LogP contribution in [0.1, 0.15) is 38.1 Å². The molecular weight excluding hydrogens is 273 g/mol. The molecule has 0 atom stereocenters. The third kappa shape index (κ3) is 4.21. The minimum absolute atomic E-state index is 0.0312. The normalized spacial score (nSPS) is 11.1. The van der Waals surface area contributed by atoms with Crippen LogP contribution in [0.25, 0.3) is 0 Å². The standard InChI is InChI=1S/C13H15ClFNO3/c1-7(17)10-9(6-5-8(14)11(10)15)16-12(18)19-13(2,3)4/h5-6H,1-4H3,(H,16,18). The van der Waals surface area contributed by atoms with E-state index in [1.54, 1.807) is 20.8 Å². The van der Waals surface area contributed by atoms with E-state index in [4.69, 9.17) is 16.3 Å². The summed E-state index contributed by atoms with van der Waals surface area (Å²) < 4.78 is 18.8. The van der Waals surface area contributed by atoms with E-state index in [9.17, 15) is 14.0 Å². The molecule has 1 N–H and O–H groups in total. The van der Waals surface area contributed by atoms with E-state index < -0.39 is 23.3 Å². The van der Waals surface area contributed by atoms with Gasteiger partial charge in [-0.15, -0.1) is 0 Å². The largest absolute Gasteiger partial charge is 0.444 e. The zero-order valence-electron chi connectivity index (χ0n) is 11.1. The summed E-state index contributed by atoms with van der Waals surface area (Å²) in [5.74, 6) is -1.39. The summed E-state index contributed by atoms with van der Waals surface area (Å²) >= 11 is 5.60. The van der Waals surface area contributed by atoms with E-state index in [0.717, 1.165) is 0 Å². The molecule has 1 aromatic rings. The molecular formula is C13H15ClFNO3. The minimum Gasteiger partial charge on any atom is -0.444 e. The maximum atomic E-state index is 13.8. The van der Waals surface area contributed by atoms with Crippen molar-refractivity contribution in [3.63, 3.8) is 0 Å². The Morgan fingerprint density at radius 2 is 1.89 bits per heavy atom. The average molecular weight is 288 g/mol. The van der Waals surface area contributed by atoms with Crippen molar-refractivity contribution < 1.29 is 18.7 Å². The fraction of sp³-hybridized carbons (Fsp3) is 0.385. The maximum absolute atomic E-state index is 13.8. The van der Waals surface area contributed by atoms with Gasteiger partial charge in [0, 0.05) is 0 Å². The van der Waals surface area contributed by atoms with Crippen LogP contribution in [0.5, 0.6) is 0 Å². The van der Waals surface area contributed by atoms with Gasteiger partial charge in [-0.2, -0.15) is 0 Å². The number of carbonyl (C=O) groups excluding carboxylic acids is 2. The second kappa shape index (κ2) is 5.57. The number of hydrogen-bond donors (Lipinski definition) is 1. The molecule has 1 aromatic carbocycles. The number of benzene rings is 1. The zero-order valence-corrected chi connectivity index (χ0v) is 11.9. The van der Waals surface area contributed by atoms with Crippen molar-refractivity contribution in [1.29, 1.82) is 0 Å². The van der Waals surface area contributed by atoms with E-state index >= 15 is 0 Å². The highest BCUT2D eigenvalue weighted by Gasteiger charge is 2.21. The lowest BCUT2D eigenvalue weighted by molar-refractivity contribution is 0.0636. The number of anilines is 1. The Morgan fingerprint density at radius 1 is 1.32 bits per heavy atom. The van der Waals surface area contributed by atoms with Crippen LogP contribution < -0.4 is 5.32 Å². The number of halogens is 2. The molecule has 0 aliphatic heterocycles. The van der Waals surface area contributed by atoms with Crippen LogP contribution in [0.2, 0.25) is 5.02 Å². The summed E-state index contributed by atoms with van der Waals surface area (Å²) in [7, 11) is 0. The van der Waals surface area contributed by atoms with Crippen LogP contribution in [0.3, 0.4) is 0 Å². The van der Waals surface area contributed by atoms with Crippen molar-refractivity contribution in [2.24, 2.45) is 0 Å². The molecule has 104 valence electrons. The molecule has 0 radical (unpaired) electrons. The molecule has 0 saturated heterocycles. The predicted molar refractivity (Wildman–Crippen MR) is 71.3 cm³/mol. The first-order valence-electron chi connectivity index (χ1n) is 5.61. The summed E-state index contributed by atoms with van der Waals surface area (Å²) in [6.45, 7) is 6.28. The first kappa shape index (κ1) is 15.4. The molecule has 6 heteroatoms. The fourth-order valence-electron chi connectivity index (χ4n) is 1.41. The second-order valence-corrected chi connectivity index (χ2v) is 5.37. The summed E-state index contributed by atoms with van der Waals surface area (Å²) in [6.07, 6.45) is -0.767. The summed E-state index contributed by atoms with van der Waals surface area (Å²) in [4.78, 5) is 23.0. The van der Waals surface area contributed by atoms with E-state index in [0.29, 0.717) is 0 Å². The molecule has 4 nitrogen and oxygen atoms in total. The van der Waals surface area contributed by atoms with Gasteiger partial charge in [-0.3, -0.25) is 10.1 Å². The van der Waals surface area contributed by atoms with Crippen molar-refractivity contribution in [3.8, 4) is 0 Å². The fourth-order valence-corrected chi connectivity index (χ4v) is 1.57. The van der Waals surface area contributed by atoms with Crippen molar-refractivity contribution in [1.82, 2.24) is 0 Å². The molecule has 1 rings (SSSR count). The monoisotopic (exact) mass is 287 g/mol. The van der Waals surface area contributed by atoms with Crippen LogP contribution in [0.4, 0.5) is 14.9 Å². The van der Waals surface area contributed by atoms with Gasteiger partial charge in [-0.1, -0.05) is 11.6 Å². The Balaban J connectivity index is 3.05. The number of nitrogens with one attached hydrogen (secondary N) is 1. The summed E-state index contributed by atoms with van der Waals surface area (Å²) in [5, 5.41) is 2.16. The first-order valence-corrected chi connectivity index (χ1v) is 5.98. The number of ether oxygens (including phenoxy) is 1. The van der Waals surface area contributed by atoms with Crippen LogP contribution in [0.15, 0.2) is 12.1 Å². The van der Waals surface area contributed by atoms with Gasteiger partial charge in [0.05, 0.1) is 16.3 Å². The Hall–Kier alpha value is -1.62. The SMILES string of the molecule is CC(=O)c1c(NC(=O)OC(C)(C)C)ccc(Cl)c1F. The lowest BCUT2D eigenvalue weighted by atomic mass is 10.1. The van der Waals surface area contributed by atoms with Gasteiger partial charge in [0.15, 0.2) is 11.6 Å². The van der Waals surface area contributed by atoms with Crippen LogP contribution in [-0.4, -0.2) is 17.5 Å². The van der Waals surface area contributed by atoms with Crippen LogP contribution in [0, 0.1) is 5.82 Å². The van der Waals surface area contributed by atoms with Crippen molar-refractivity contribution in [2.45, 2.75) is 33.3 Å². The summed E-state index contributed by atoms with van der Waals surface area (Å²) in [6, 6.07) is 2.61. The van der Waals surface area contributed by atoms with Gasteiger partial charge in [-0.05, 0) is 39.8 Å².